The van der Waals surface area contributed by atoms with E-state index in [1.54, 1.807) is 11.8 Å². The largest absolute Gasteiger partial charge is 0.396 e. The maximum atomic E-state index is 12.3. The Kier molecular flexibility index (Phi) is 7.77. The summed E-state index contributed by atoms with van der Waals surface area (Å²) in [6.07, 6.45) is 0.630. The molecule has 1 amide bonds. The lowest BCUT2D eigenvalue weighted by atomic mass is 10.2. The fourth-order valence-electron chi connectivity index (χ4n) is 2.04. The van der Waals surface area contributed by atoms with E-state index >= 15 is 0 Å². The van der Waals surface area contributed by atoms with Crippen molar-refractivity contribution >= 4 is 33.6 Å². The van der Waals surface area contributed by atoms with Gasteiger partial charge in [0, 0.05) is 28.6 Å². The topological polar surface area (TPSA) is 40.5 Å². The van der Waals surface area contributed by atoms with Crippen LogP contribution in [-0.2, 0) is 4.79 Å². The predicted molar refractivity (Wildman–Crippen MR) is 92.9 cm³/mol. The molecular weight excluding hydrogens is 350 g/mol. The number of carbonyl (C=O) groups is 1. The number of amides is 1. The van der Waals surface area contributed by atoms with E-state index in [1.165, 1.54) is 11.1 Å². The highest BCUT2D eigenvalue weighted by Gasteiger charge is 2.17. The van der Waals surface area contributed by atoms with Gasteiger partial charge in [0.2, 0.25) is 5.91 Å². The Hall–Kier alpha value is -0.520. The van der Waals surface area contributed by atoms with Crippen LogP contribution in [0.2, 0.25) is 0 Å². The van der Waals surface area contributed by atoms with Crippen molar-refractivity contribution in [3.05, 3.63) is 27.7 Å². The number of rotatable bonds is 7. The van der Waals surface area contributed by atoms with Gasteiger partial charge in [-0.25, -0.2) is 0 Å². The Balaban J connectivity index is 2.68. The first kappa shape index (κ1) is 18.5. The second-order valence-corrected chi connectivity index (χ2v) is 7.29. The molecule has 118 valence electrons. The highest BCUT2D eigenvalue weighted by molar-refractivity contribution is 9.10. The van der Waals surface area contributed by atoms with Crippen molar-refractivity contribution in [3.63, 3.8) is 0 Å². The maximum Gasteiger partial charge on any atom is 0.233 e. The van der Waals surface area contributed by atoms with E-state index in [-0.39, 0.29) is 18.6 Å². The molecule has 21 heavy (non-hydrogen) atoms. The lowest BCUT2D eigenvalue weighted by molar-refractivity contribution is -0.130. The van der Waals surface area contributed by atoms with Crippen LogP contribution < -0.4 is 0 Å². The highest BCUT2D eigenvalue weighted by atomic mass is 79.9. The molecule has 0 aliphatic rings. The Labute approximate surface area is 140 Å². The summed E-state index contributed by atoms with van der Waals surface area (Å²) in [4.78, 5) is 15.3. The fourth-order valence-corrected chi connectivity index (χ4v) is 3.49. The number of nitrogens with zero attached hydrogens (tertiary/aromatic N) is 1. The van der Waals surface area contributed by atoms with Crippen molar-refractivity contribution in [2.24, 2.45) is 0 Å². The summed E-state index contributed by atoms with van der Waals surface area (Å²) in [7, 11) is 0. The summed E-state index contributed by atoms with van der Waals surface area (Å²) in [5, 5.41) is 8.93. The molecule has 5 heteroatoms. The quantitative estimate of drug-likeness (QED) is 0.739. The van der Waals surface area contributed by atoms with Crippen molar-refractivity contribution in [2.45, 2.75) is 45.1 Å². The lowest BCUT2D eigenvalue weighted by Crippen LogP contribution is -2.39. The minimum Gasteiger partial charge on any atom is -0.396 e. The fraction of sp³-hybridized carbons (Fsp3) is 0.562. The predicted octanol–water partition coefficient (Wildman–Crippen LogP) is 3.78. The molecule has 0 aromatic heterocycles. The van der Waals surface area contributed by atoms with Crippen LogP contribution in [0.25, 0.3) is 0 Å². The molecule has 0 radical (unpaired) electrons. The Morgan fingerprint density at radius 1 is 1.33 bits per heavy atom. The summed E-state index contributed by atoms with van der Waals surface area (Å²) in [5.74, 6) is 0.564. The van der Waals surface area contributed by atoms with Gasteiger partial charge in [-0.05, 0) is 57.4 Å². The molecule has 1 aromatic rings. The molecule has 0 atom stereocenters. The van der Waals surface area contributed by atoms with Crippen molar-refractivity contribution in [1.29, 1.82) is 0 Å². The van der Waals surface area contributed by atoms with Gasteiger partial charge in [0.05, 0.1) is 5.75 Å². The highest BCUT2D eigenvalue weighted by Crippen LogP contribution is 2.28. The first-order valence-electron chi connectivity index (χ1n) is 7.16. The molecule has 1 aromatic carbocycles. The van der Waals surface area contributed by atoms with E-state index in [1.807, 2.05) is 18.7 Å². The SMILES string of the molecule is Cc1cc(SCC(=O)N(CCCO)C(C)C)c(C)cc1Br. The number of aryl methyl sites for hydroxylation is 2. The molecule has 1 rings (SSSR count). The van der Waals surface area contributed by atoms with Crippen LogP contribution in [0, 0.1) is 13.8 Å². The van der Waals surface area contributed by atoms with E-state index < -0.39 is 0 Å². The third kappa shape index (κ3) is 5.64. The summed E-state index contributed by atoms with van der Waals surface area (Å²) < 4.78 is 1.10. The van der Waals surface area contributed by atoms with Gasteiger partial charge in [0.15, 0.2) is 0 Å². The van der Waals surface area contributed by atoms with E-state index in [0.29, 0.717) is 18.7 Å². The zero-order valence-corrected chi connectivity index (χ0v) is 15.6. The van der Waals surface area contributed by atoms with Crippen molar-refractivity contribution < 1.29 is 9.90 Å². The van der Waals surface area contributed by atoms with E-state index in [4.69, 9.17) is 5.11 Å². The van der Waals surface area contributed by atoms with Gasteiger partial charge in [-0.15, -0.1) is 11.8 Å². The summed E-state index contributed by atoms with van der Waals surface area (Å²) in [6, 6.07) is 4.37. The zero-order chi connectivity index (χ0) is 16.0. The second-order valence-electron chi connectivity index (χ2n) is 5.41. The third-order valence-corrected chi connectivity index (χ3v) is 5.30. The van der Waals surface area contributed by atoms with E-state index in [2.05, 4.69) is 41.9 Å². The number of thioether (sulfide) groups is 1. The Bertz CT molecular complexity index is 491. The van der Waals surface area contributed by atoms with Crippen LogP contribution in [0.1, 0.15) is 31.4 Å². The van der Waals surface area contributed by atoms with Gasteiger partial charge >= 0.3 is 0 Å². The standard InChI is InChI=1S/C16H24BrNO2S/c1-11(2)18(6-5-7-19)16(20)10-21-15-9-12(3)14(17)8-13(15)4/h8-9,11,19H,5-7,10H2,1-4H3. The molecular formula is C16H24BrNO2S. The maximum absolute atomic E-state index is 12.3. The number of hydrogen-bond donors (Lipinski definition) is 1. The first-order chi connectivity index (χ1) is 9.86. The third-order valence-electron chi connectivity index (χ3n) is 3.31. The molecule has 0 unspecified atom stereocenters. The molecule has 1 N–H and O–H groups in total. The van der Waals surface area contributed by atoms with Crippen LogP contribution in [0.3, 0.4) is 0 Å². The van der Waals surface area contributed by atoms with Gasteiger partial charge in [0.25, 0.3) is 0 Å². The molecule has 0 saturated heterocycles. The summed E-state index contributed by atoms with van der Waals surface area (Å²) in [6.45, 7) is 8.87. The monoisotopic (exact) mass is 373 g/mol. The average molecular weight is 374 g/mol. The molecule has 3 nitrogen and oxygen atoms in total. The van der Waals surface area contributed by atoms with E-state index in [0.717, 1.165) is 9.37 Å². The number of benzene rings is 1. The van der Waals surface area contributed by atoms with E-state index in [9.17, 15) is 4.79 Å². The van der Waals surface area contributed by atoms with Crippen molar-refractivity contribution in [3.8, 4) is 0 Å². The number of halogens is 1. The van der Waals surface area contributed by atoms with Crippen LogP contribution in [0.5, 0.6) is 0 Å². The smallest absolute Gasteiger partial charge is 0.233 e. The number of aliphatic hydroxyl groups excluding tert-OH is 1. The Morgan fingerprint density at radius 2 is 2.00 bits per heavy atom. The minimum absolute atomic E-state index is 0.120. The molecule has 0 saturated carbocycles. The van der Waals surface area contributed by atoms with Crippen molar-refractivity contribution in [1.82, 2.24) is 4.90 Å². The number of hydrogen-bond acceptors (Lipinski definition) is 3. The van der Waals surface area contributed by atoms with Gasteiger partial charge in [0.1, 0.15) is 0 Å². The molecule has 0 fully saturated rings. The molecule has 0 heterocycles. The summed E-state index contributed by atoms with van der Waals surface area (Å²) >= 11 is 5.11. The van der Waals surface area contributed by atoms with Crippen LogP contribution in [0.4, 0.5) is 0 Å². The Morgan fingerprint density at radius 3 is 2.57 bits per heavy atom. The van der Waals surface area contributed by atoms with Gasteiger partial charge in [-0.1, -0.05) is 15.9 Å². The summed E-state index contributed by atoms with van der Waals surface area (Å²) in [5.41, 5.74) is 2.35. The van der Waals surface area contributed by atoms with Gasteiger partial charge in [-0.2, -0.15) is 0 Å². The van der Waals surface area contributed by atoms with Crippen LogP contribution in [-0.4, -0.2) is 40.9 Å². The lowest BCUT2D eigenvalue weighted by Gasteiger charge is -2.26. The average Bonchev–Trinajstić information content (AvgIpc) is 2.41. The minimum atomic E-state index is 0.120. The first-order valence-corrected chi connectivity index (χ1v) is 8.94. The number of carbonyl (C=O) groups excluding carboxylic acids is 1. The molecule has 0 spiro atoms. The molecule has 0 bridgehead atoms. The van der Waals surface area contributed by atoms with Crippen LogP contribution in [0.15, 0.2) is 21.5 Å². The second kappa shape index (κ2) is 8.81. The van der Waals surface area contributed by atoms with Crippen molar-refractivity contribution in [2.75, 3.05) is 18.9 Å². The number of aliphatic hydroxyl groups is 1. The normalized spacial score (nSPS) is 11.0. The molecule has 0 aliphatic heterocycles. The molecule has 0 aliphatic carbocycles. The van der Waals surface area contributed by atoms with Gasteiger partial charge in [-0.3, -0.25) is 4.79 Å². The van der Waals surface area contributed by atoms with Crippen LogP contribution >= 0.6 is 27.7 Å². The zero-order valence-electron chi connectivity index (χ0n) is 13.1. The van der Waals surface area contributed by atoms with Gasteiger partial charge < -0.3 is 10.0 Å².